The lowest BCUT2D eigenvalue weighted by Gasteiger charge is -2.52. The summed E-state index contributed by atoms with van der Waals surface area (Å²) in [5, 5.41) is 15.4. The highest BCUT2D eigenvalue weighted by atomic mass is 31.2. The van der Waals surface area contributed by atoms with E-state index >= 15 is 0 Å². The first-order chi connectivity index (χ1) is 10.8. The summed E-state index contributed by atoms with van der Waals surface area (Å²) in [5.41, 5.74) is -0.449. The minimum absolute atomic E-state index is 0.225. The van der Waals surface area contributed by atoms with E-state index in [1.165, 1.54) is 10.6 Å². The Morgan fingerprint density at radius 2 is 1.57 bits per heavy atom. The quantitative estimate of drug-likeness (QED) is 0.786. The molecule has 1 aromatic carbocycles. The van der Waals surface area contributed by atoms with Crippen molar-refractivity contribution < 1.29 is 5.21 Å². The molecule has 124 valence electrons. The minimum Gasteiger partial charge on any atom is -0.313 e. The van der Waals surface area contributed by atoms with Gasteiger partial charge in [0, 0.05) is 0 Å². The zero-order valence-corrected chi connectivity index (χ0v) is 15.7. The van der Waals surface area contributed by atoms with Gasteiger partial charge in [-0.2, -0.15) is 5.06 Å². The second-order valence-electron chi connectivity index (χ2n) is 8.17. The number of benzene rings is 1. The van der Waals surface area contributed by atoms with E-state index in [4.69, 9.17) is 0 Å². The molecule has 3 rings (SSSR count). The summed E-state index contributed by atoms with van der Waals surface area (Å²) >= 11 is 0. The predicted octanol–water partition coefficient (Wildman–Crippen LogP) is 4.83. The molecule has 1 N–H and O–H groups in total. The maximum Gasteiger partial charge on any atom is 0.0993 e. The zero-order chi connectivity index (χ0) is 16.7. The van der Waals surface area contributed by atoms with Gasteiger partial charge >= 0.3 is 0 Å². The SMILES string of the molecule is CC1(C)C[P+](C2=CCCC=C2)(c2ccccc2)CC(C)(C)N1O. The minimum atomic E-state index is -1.53. The van der Waals surface area contributed by atoms with Crippen LogP contribution in [0, 0.1) is 0 Å². The van der Waals surface area contributed by atoms with Gasteiger partial charge in [-0.15, -0.1) is 0 Å². The molecular formula is C20H29NOP+. The van der Waals surface area contributed by atoms with Crippen molar-refractivity contribution in [2.24, 2.45) is 0 Å². The van der Waals surface area contributed by atoms with Gasteiger partial charge in [-0.1, -0.05) is 24.3 Å². The third-order valence-corrected chi connectivity index (χ3v) is 10.4. The van der Waals surface area contributed by atoms with Gasteiger partial charge in [0.05, 0.1) is 41.3 Å². The number of rotatable bonds is 2. The van der Waals surface area contributed by atoms with Gasteiger partial charge in [0.2, 0.25) is 0 Å². The zero-order valence-electron chi connectivity index (χ0n) is 14.8. The van der Waals surface area contributed by atoms with Crippen LogP contribution in [0.25, 0.3) is 0 Å². The van der Waals surface area contributed by atoms with Crippen molar-refractivity contribution >= 4 is 12.6 Å². The molecule has 0 unspecified atom stereocenters. The molecular weight excluding hydrogens is 301 g/mol. The highest BCUT2D eigenvalue weighted by Gasteiger charge is 2.59. The highest BCUT2D eigenvalue weighted by molar-refractivity contribution is 7.87. The van der Waals surface area contributed by atoms with Crippen molar-refractivity contribution in [1.82, 2.24) is 5.06 Å². The molecule has 0 radical (unpaired) electrons. The van der Waals surface area contributed by atoms with Crippen LogP contribution in [0.15, 0.2) is 53.9 Å². The molecule has 2 aliphatic rings. The average molecular weight is 330 g/mol. The Kier molecular flexibility index (Phi) is 4.29. The molecule has 1 aromatic rings. The van der Waals surface area contributed by atoms with Crippen LogP contribution in [-0.4, -0.2) is 33.7 Å². The topological polar surface area (TPSA) is 23.5 Å². The standard InChI is InChI=1S/C20H29NOP/c1-19(2)15-23(16-20(3,4)21(19)22,17-11-7-5-8-12-17)18-13-9-6-10-14-18/h5,7-9,11-14,22H,6,10,15-16H2,1-4H3/q+1. The monoisotopic (exact) mass is 330 g/mol. The first-order valence-corrected chi connectivity index (χ1v) is 10.7. The molecule has 23 heavy (non-hydrogen) atoms. The second-order valence-corrected chi connectivity index (χ2v) is 11.8. The van der Waals surface area contributed by atoms with Gasteiger partial charge in [-0.05, 0) is 64.8 Å². The predicted molar refractivity (Wildman–Crippen MR) is 101 cm³/mol. The third-order valence-electron chi connectivity index (χ3n) is 5.18. The van der Waals surface area contributed by atoms with Crippen LogP contribution < -0.4 is 5.30 Å². The van der Waals surface area contributed by atoms with Gasteiger partial charge in [0.1, 0.15) is 0 Å². The van der Waals surface area contributed by atoms with Crippen LogP contribution in [0.5, 0.6) is 0 Å². The van der Waals surface area contributed by atoms with E-state index in [1.54, 1.807) is 5.06 Å². The van der Waals surface area contributed by atoms with Gasteiger partial charge in [-0.3, -0.25) is 0 Å². The van der Waals surface area contributed by atoms with Crippen LogP contribution in [0.2, 0.25) is 0 Å². The Labute approximate surface area is 141 Å². The normalized spacial score (nSPS) is 25.9. The lowest BCUT2D eigenvalue weighted by atomic mass is 9.99. The van der Waals surface area contributed by atoms with E-state index in [-0.39, 0.29) is 11.1 Å². The average Bonchev–Trinajstić information content (AvgIpc) is 2.53. The Hall–Kier alpha value is -0.950. The van der Waals surface area contributed by atoms with E-state index in [9.17, 15) is 5.21 Å². The lowest BCUT2D eigenvalue weighted by molar-refractivity contribution is -0.214. The van der Waals surface area contributed by atoms with Gasteiger partial charge in [0.25, 0.3) is 0 Å². The summed E-state index contributed by atoms with van der Waals surface area (Å²) in [7, 11) is -1.53. The molecule has 0 bridgehead atoms. The van der Waals surface area contributed by atoms with Crippen molar-refractivity contribution in [1.29, 1.82) is 0 Å². The Morgan fingerprint density at radius 1 is 0.957 bits per heavy atom. The largest absolute Gasteiger partial charge is 0.313 e. The molecule has 0 saturated carbocycles. The lowest BCUT2D eigenvalue weighted by Crippen LogP contribution is -2.62. The van der Waals surface area contributed by atoms with Crippen LogP contribution in [0.1, 0.15) is 40.5 Å². The fourth-order valence-corrected chi connectivity index (χ4v) is 10.1. The Balaban J connectivity index is 2.17. The summed E-state index contributed by atoms with van der Waals surface area (Å²) in [6.07, 6.45) is 11.5. The van der Waals surface area contributed by atoms with E-state index in [2.05, 4.69) is 76.3 Å². The number of hydrogen-bond donors (Lipinski definition) is 1. The third kappa shape index (κ3) is 2.93. The van der Waals surface area contributed by atoms with Crippen LogP contribution in [0.4, 0.5) is 0 Å². The number of hydroxylamine groups is 2. The molecule has 0 amide bonds. The maximum atomic E-state index is 10.8. The van der Waals surface area contributed by atoms with Crippen LogP contribution in [-0.2, 0) is 0 Å². The first kappa shape index (κ1) is 16.9. The number of hydrogen-bond acceptors (Lipinski definition) is 2. The van der Waals surface area contributed by atoms with Crippen molar-refractivity contribution in [3.8, 4) is 0 Å². The Morgan fingerprint density at radius 3 is 2.09 bits per heavy atom. The van der Waals surface area contributed by atoms with Crippen molar-refractivity contribution in [2.45, 2.75) is 51.6 Å². The maximum absolute atomic E-state index is 10.8. The second kappa shape index (κ2) is 5.84. The van der Waals surface area contributed by atoms with Crippen molar-refractivity contribution in [2.75, 3.05) is 12.3 Å². The molecule has 1 aliphatic heterocycles. The van der Waals surface area contributed by atoms with E-state index < -0.39 is 7.26 Å². The van der Waals surface area contributed by atoms with Gasteiger partial charge < -0.3 is 5.21 Å². The first-order valence-electron chi connectivity index (χ1n) is 8.57. The summed E-state index contributed by atoms with van der Waals surface area (Å²) in [6.45, 7) is 8.72. The summed E-state index contributed by atoms with van der Waals surface area (Å²) in [6, 6.07) is 11.0. The summed E-state index contributed by atoms with van der Waals surface area (Å²) in [5.74, 6) is 0. The van der Waals surface area contributed by atoms with E-state index in [0.29, 0.717) is 0 Å². The van der Waals surface area contributed by atoms with E-state index in [0.717, 1.165) is 25.2 Å². The summed E-state index contributed by atoms with van der Waals surface area (Å²) in [4.78, 5) is 0. The molecule has 1 heterocycles. The van der Waals surface area contributed by atoms with Crippen molar-refractivity contribution in [3.63, 3.8) is 0 Å². The fourth-order valence-electron chi connectivity index (χ4n) is 4.47. The molecule has 1 saturated heterocycles. The van der Waals surface area contributed by atoms with Crippen LogP contribution in [0.3, 0.4) is 0 Å². The van der Waals surface area contributed by atoms with Crippen LogP contribution >= 0.6 is 7.26 Å². The molecule has 0 atom stereocenters. The molecule has 1 aliphatic carbocycles. The molecule has 3 heteroatoms. The van der Waals surface area contributed by atoms with E-state index in [1.807, 2.05) is 0 Å². The highest BCUT2D eigenvalue weighted by Crippen LogP contribution is 2.71. The fraction of sp³-hybridized carbons (Fsp3) is 0.500. The number of nitrogens with zero attached hydrogens (tertiary/aromatic N) is 1. The summed E-state index contributed by atoms with van der Waals surface area (Å²) < 4.78 is 0. The molecule has 2 nitrogen and oxygen atoms in total. The molecule has 0 aromatic heterocycles. The molecule has 1 fully saturated rings. The Bertz CT molecular complexity index is 612. The van der Waals surface area contributed by atoms with Gasteiger partial charge in [-0.25, -0.2) is 0 Å². The number of allylic oxidation sites excluding steroid dienone is 4. The smallest absolute Gasteiger partial charge is 0.0993 e. The van der Waals surface area contributed by atoms with Crippen molar-refractivity contribution in [3.05, 3.63) is 53.9 Å². The van der Waals surface area contributed by atoms with Gasteiger partial charge in [0.15, 0.2) is 0 Å². The molecule has 0 spiro atoms.